The number of rotatable bonds is 6. The van der Waals surface area contributed by atoms with E-state index in [1.165, 1.54) is 0 Å². The average molecular weight is 296 g/mol. The van der Waals surface area contributed by atoms with Crippen LogP contribution in [0.2, 0.25) is 0 Å². The third-order valence-electron chi connectivity index (χ3n) is 3.72. The second kappa shape index (κ2) is 5.88. The molecule has 7 heteroatoms. The maximum Gasteiger partial charge on any atom is 0.237 e. The molecule has 110 valence electrons. The molecule has 0 aromatic carbocycles. The van der Waals surface area contributed by atoms with Crippen LogP contribution in [0.25, 0.3) is 0 Å². The van der Waals surface area contributed by atoms with Crippen LogP contribution in [0.4, 0.5) is 5.69 Å². The molecule has 6 nitrogen and oxygen atoms in total. The van der Waals surface area contributed by atoms with E-state index in [4.69, 9.17) is 22.7 Å². The van der Waals surface area contributed by atoms with Gasteiger partial charge in [-0.1, -0.05) is 19.1 Å². The van der Waals surface area contributed by atoms with E-state index >= 15 is 0 Å². The molecule has 0 atom stereocenters. The Balaban J connectivity index is 2.00. The van der Waals surface area contributed by atoms with Gasteiger partial charge < -0.3 is 15.8 Å². The van der Waals surface area contributed by atoms with E-state index < -0.39 is 5.41 Å². The Morgan fingerprint density at radius 3 is 2.95 bits per heavy atom. The summed E-state index contributed by atoms with van der Waals surface area (Å²) in [4.78, 5) is 12.7. The van der Waals surface area contributed by atoms with Crippen molar-refractivity contribution in [1.29, 1.82) is 0 Å². The molecule has 1 saturated carbocycles. The number of carbonyl (C=O) groups is 1. The third-order valence-corrected chi connectivity index (χ3v) is 4.11. The van der Waals surface area contributed by atoms with Crippen LogP contribution in [0, 0.1) is 11.3 Å². The Labute approximate surface area is 123 Å². The Morgan fingerprint density at radius 2 is 2.40 bits per heavy atom. The van der Waals surface area contributed by atoms with Crippen LogP contribution in [0.1, 0.15) is 19.8 Å². The predicted octanol–water partition coefficient (Wildman–Crippen LogP) is 1.17. The van der Waals surface area contributed by atoms with Crippen molar-refractivity contribution in [2.24, 2.45) is 17.1 Å². The fourth-order valence-corrected chi connectivity index (χ4v) is 2.87. The fraction of sp³-hybridized carbons (Fsp3) is 0.615. The number of nitrogens with two attached hydrogens (primary N) is 1. The zero-order valence-corrected chi connectivity index (χ0v) is 12.6. The van der Waals surface area contributed by atoms with Crippen molar-refractivity contribution in [2.45, 2.75) is 26.3 Å². The molecular weight excluding hydrogens is 276 g/mol. The molecule has 2 rings (SSSR count). The zero-order chi connectivity index (χ0) is 14.8. The molecular formula is C13H20N4O2S. The molecule has 3 N–H and O–H groups in total. The highest BCUT2D eigenvalue weighted by Gasteiger charge is 2.50. The van der Waals surface area contributed by atoms with Crippen LogP contribution >= 0.6 is 12.2 Å². The lowest BCUT2D eigenvalue weighted by Crippen LogP contribution is -2.53. The molecule has 1 aromatic rings. The molecule has 1 amide bonds. The van der Waals surface area contributed by atoms with Crippen LogP contribution in [0.5, 0.6) is 0 Å². The fourth-order valence-electron chi connectivity index (χ4n) is 2.61. The van der Waals surface area contributed by atoms with Gasteiger partial charge >= 0.3 is 0 Å². The van der Waals surface area contributed by atoms with Crippen molar-refractivity contribution in [1.82, 2.24) is 9.78 Å². The quantitative estimate of drug-likeness (QED) is 0.770. The van der Waals surface area contributed by atoms with Crippen LogP contribution in [-0.2, 0) is 16.1 Å². The molecule has 1 heterocycles. The minimum atomic E-state index is -0.691. The summed E-state index contributed by atoms with van der Waals surface area (Å²) in [6.07, 6.45) is 4.81. The molecule has 0 bridgehead atoms. The first-order valence-electron chi connectivity index (χ1n) is 6.60. The number of amides is 1. The lowest BCUT2D eigenvalue weighted by Gasteiger charge is -2.43. The Hall–Kier alpha value is -1.47. The average Bonchev–Trinajstić information content (AvgIpc) is 2.79. The van der Waals surface area contributed by atoms with Crippen molar-refractivity contribution in [3.8, 4) is 0 Å². The molecule has 0 saturated heterocycles. The number of methoxy groups -OCH3 is 1. The molecule has 1 aromatic heterocycles. The highest BCUT2D eigenvalue weighted by Crippen LogP contribution is 2.46. The normalized spacial score (nSPS) is 25.0. The summed E-state index contributed by atoms with van der Waals surface area (Å²) < 4.78 is 6.70. The van der Waals surface area contributed by atoms with Gasteiger partial charge in [0.05, 0.1) is 35.4 Å². The van der Waals surface area contributed by atoms with Crippen LogP contribution in [-0.4, -0.2) is 34.4 Å². The van der Waals surface area contributed by atoms with E-state index in [1.54, 1.807) is 24.2 Å². The van der Waals surface area contributed by atoms with Gasteiger partial charge in [0.2, 0.25) is 5.91 Å². The highest BCUT2D eigenvalue weighted by atomic mass is 32.1. The van der Waals surface area contributed by atoms with Gasteiger partial charge in [0.15, 0.2) is 0 Å². The van der Waals surface area contributed by atoms with E-state index in [0.717, 1.165) is 0 Å². The van der Waals surface area contributed by atoms with Gasteiger partial charge in [-0.3, -0.25) is 9.48 Å². The maximum absolute atomic E-state index is 12.4. The number of nitrogens with one attached hydrogen (secondary N) is 1. The van der Waals surface area contributed by atoms with E-state index in [1.807, 2.05) is 0 Å². The van der Waals surface area contributed by atoms with Crippen LogP contribution in [0.3, 0.4) is 0 Å². The largest absolute Gasteiger partial charge is 0.392 e. The zero-order valence-electron chi connectivity index (χ0n) is 11.8. The van der Waals surface area contributed by atoms with Crippen molar-refractivity contribution in [2.75, 3.05) is 19.0 Å². The minimum absolute atomic E-state index is 0.130. The SMILES string of the molecule is COCCn1cc(NC(=O)C2(C(N)=S)CC(C)C2)cn1. The van der Waals surface area contributed by atoms with E-state index in [0.29, 0.717) is 37.6 Å². The van der Waals surface area contributed by atoms with Crippen molar-refractivity contribution in [3.63, 3.8) is 0 Å². The summed E-state index contributed by atoms with van der Waals surface area (Å²) in [5.74, 6) is 0.348. The van der Waals surface area contributed by atoms with E-state index in [9.17, 15) is 4.79 Å². The molecule has 0 radical (unpaired) electrons. The number of carbonyl (C=O) groups excluding carboxylic acids is 1. The van der Waals surface area contributed by atoms with Crippen molar-refractivity contribution < 1.29 is 9.53 Å². The number of hydrogen-bond acceptors (Lipinski definition) is 4. The van der Waals surface area contributed by atoms with Gasteiger partial charge in [0, 0.05) is 13.3 Å². The Kier molecular flexibility index (Phi) is 4.39. The first-order valence-corrected chi connectivity index (χ1v) is 7.01. The van der Waals surface area contributed by atoms with Gasteiger partial charge in [-0.2, -0.15) is 5.10 Å². The molecule has 1 aliphatic rings. The monoisotopic (exact) mass is 296 g/mol. The Bertz CT molecular complexity index is 508. The lowest BCUT2D eigenvalue weighted by molar-refractivity contribution is -0.127. The molecule has 20 heavy (non-hydrogen) atoms. The second-order valence-corrected chi connectivity index (χ2v) is 5.84. The van der Waals surface area contributed by atoms with Crippen LogP contribution < -0.4 is 11.1 Å². The Morgan fingerprint density at radius 1 is 1.70 bits per heavy atom. The topological polar surface area (TPSA) is 82.2 Å². The lowest BCUT2D eigenvalue weighted by atomic mass is 9.62. The molecule has 1 aliphatic carbocycles. The second-order valence-electron chi connectivity index (χ2n) is 5.40. The number of hydrogen-bond donors (Lipinski definition) is 2. The maximum atomic E-state index is 12.4. The van der Waals surface area contributed by atoms with Gasteiger partial charge in [0.1, 0.15) is 0 Å². The van der Waals surface area contributed by atoms with Crippen LogP contribution in [0.15, 0.2) is 12.4 Å². The van der Waals surface area contributed by atoms with Gasteiger partial charge in [-0.05, 0) is 18.8 Å². The number of nitrogens with zero attached hydrogens (tertiary/aromatic N) is 2. The summed E-state index contributed by atoms with van der Waals surface area (Å²) in [5.41, 5.74) is 5.72. The standard InChI is InChI=1S/C13H20N4O2S/c1-9-5-13(6-9,11(14)20)12(18)16-10-7-15-17(8-10)3-4-19-2/h7-9H,3-6H2,1-2H3,(H2,14,20)(H,16,18). The first-order chi connectivity index (χ1) is 9.48. The van der Waals surface area contributed by atoms with E-state index in [2.05, 4.69) is 17.3 Å². The first kappa shape index (κ1) is 14.9. The number of thiocarbonyl (C=S) groups is 1. The van der Waals surface area contributed by atoms with Gasteiger partial charge in [0.25, 0.3) is 0 Å². The third kappa shape index (κ3) is 2.83. The predicted molar refractivity (Wildman–Crippen MR) is 80.3 cm³/mol. The summed E-state index contributed by atoms with van der Waals surface area (Å²) >= 11 is 5.07. The highest BCUT2D eigenvalue weighted by molar-refractivity contribution is 7.80. The smallest absolute Gasteiger partial charge is 0.237 e. The summed E-state index contributed by atoms with van der Waals surface area (Å²) in [5, 5.41) is 7.00. The van der Waals surface area contributed by atoms with Gasteiger partial charge in [-0.25, -0.2) is 0 Å². The molecule has 0 unspecified atom stereocenters. The summed E-state index contributed by atoms with van der Waals surface area (Å²) in [6, 6.07) is 0. The number of ether oxygens (including phenoxy) is 1. The molecule has 1 fully saturated rings. The van der Waals surface area contributed by atoms with Crippen molar-refractivity contribution in [3.05, 3.63) is 12.4 Å². The molecule has 0 spiro atoms. The molecule has 0 aliphatic heterocycles. The van der Waals surface area contributed by atoms with E-state index in [-0.39, 0.29) is 10.9 Å². The summed E-state index contributed by atoms with van der Waals surface area (Å²) in [7, 11) is 1.63. The number of aromatic nitrogens is 2. The summed E-state index contributed by atoms with van der Waals surface area (Å²) in [6.45, 7) is 3.31. The van der Waals surface area contributed by atoms with Gasteiger partial charge in [-0.15, -0.1) is 0 Å². The van der Waals surface area contributed by atoms with Crippen molar-refractivity contribution >= 4 is 28.8 Å². The minimum Gasteiger partial charge on any atom is -0.392 e. The number of anilines is 1.